The molecule has 8 aromatic rings. The van der Waals surface area contributed by atoms with Crippen LogP contribution >= 0.6 is 23.1 Å². The van der Waals surface area contributed by atoms with Crippen molar-refractivity contribution in [3.63, 3.8) is 0 Å². The van der Waals surface area contributed by atoms with E-state index in [1.807, 2.05) is 47.6 Å². The van der Waals surface area contributed by atoms with Crippen molar-refractivity contribution >= 4 is 63.1 Å². The predicted octanol–water partition coefficient (Wildman–Crippen LogP) is 7.95. The summed E-state index contributed by atoms with van der Waals surface area (Å²) in [7, 11) is 0. The maximum atomic E-state index is 12.9. The number of hydrogen-bond donors (Lipinski definition) is 0. The van der Waals surface area contributed by atoms with E-state index in [1.165, 1.54) is 15.5 Å². The molecule has 8 rings (SSSR count). The fourth-order valence-electron chi connectivity index (χ4n) is 5.27. The Morgan fingerprint density at radius 1 is 0.683 bits per heavy atom. The van der Waals surface area contributed by atoms with Crippen LogP contribution in [0.1, 0.15) is 81.8 Å². The summed E-state index contributed by atoms with van der Waals surface area (Å²) >= 11 is 0.954. The van der Waals surface area contributed by atoms with Gasteiger partial charge in [-0.25, -0.2) is 15.0 Å². The summed E-state index contributed by atoms with van der Waals surface area (Å²) in [6.07, 6.45) is -7.08. The number of nitrogens with zero attached hydrogens (tertiary/aromatic N) is 22. The molecule has 8 aromatic heterocycles. The molecule has 31 heteroatoms. The summed E-state index contributed by atoms with van der Waals surface area (Å²) in [4.78, 5) is 18.8. The van der Waals surface area contributed by atoms with Gasteiger partial charge in [0.25, 0.3) is 5.69 Å². The first-order valence-electron chi connectivity index (χ1n) is 17.4. The van der Waals surface area contributed by atoms with E-state index in [0.29, 0.717) is 68.8 Å². The standard InChI is InChI=1S/2C16H13F3N11S.Fe/c1-7-22-12-9(10(15(2,3)4)27-30(12)26-7)24-25-11-8(20-5)6-21-29(11)14-23-13(28-31-14)16(17,18)19;1-7-22-12-9(10(15(2,3)4)27-30(12)26-7)24-25-11-8(5-20)6-21-29(11)14-23-13(28-31-14)16(17,18)19;/h2*6H,1-4H3;/q2*-1;+2. The molecule has 8 heterocycles. The average molecular weight is 953 g/mol. The van der Waals surface area contributed by atoms with E-state index in [2.05, 4.69) is 84.6 Å². The summed E-state index contributed by atoms with van der Waals surface area (Å²) in [5, 5.41) is 50.7. The normalized spacial score (nSPS) is 12.6. The molecular formula is C32H26F6FeN22S2. The maximum Gasteiger partial charge on any atom is 2.00 e. The fourth-order valence-corrected chi connectivity index (χ4v) is 6.57. The number of fused-ring (bicyclic) bond motifs is 2. The summed E-state index contributed by atoms with van der Waals surface area (Å²) in [6.45, 7) is 22.3. The fraction of sp³-hybridized carbons (Fsp3) is 0.375. The van der Waals surface area contributed by atoms with Gasteiger partial charge in [-0.3, -0.25) is 9.26 Å². The Morgan fingerprint density at radius 2 is 1.11 bits per heavy atom. The van der Waals surface area contributed by atoms with Gasteiger partial charge in [-0.1, -0.05) is 41.5 Å². The van der Waals surface area contributed by atoms with Gasteiger partial charge in [0.15, 0.2) is 11.6 Å². The number of azo groups is 2. The van der Waals surface area contributed by atoms with E-state index < -0.39 is 34.8 Å². The number of halogens is 6. The smallest absolute Gasteiger partial charge is 0.360 e. The van der Waals surface area contributed by atoms with Crippen LogP contribution in [0.25, 0.3) is 26.4 Å². The average Bonchev–Trinajstić information content (AvgIpc) is 4.01. The summed E-state index contributed by atoms with van der Waals surface area (Å²) < 4.78 is 88.5. The molecule has 0 amide bonds. The van der Waals surface area contributed by atoms with Crippen LogP contribution in [0.3, 0.4) is 0 Å². The Morgan fingerprint density at radius 3 is 1.51 bits per heavy atom. The SMILES string of the molecule is Cc1nn2nc(C(C)(C)C)c(N=Nc3c(C#N)cnn3-c3nc(C(F)(F)F)ns3)c2[n-]1.[C-]#[N+]c1cnn(-c2nc(C(F)(F)F)ns2)c1N=Nc1c(C(C)(C)C)nn2nc(C)[n-]c12.[Fe+2]. The van der Waals surface area contributed by atoms with Crippen LogP contribution in [0.4, 0.5) is 55.0 Å². The Balaban J connectivity index is 0.000000206. The molecule has 0 N–H and O–H groups in total. The van der Waals surface area contributed by atoms with Gasteiger partial charge in [0.2, 0.25) is 21.9 Å². The molecule has 0 aromatic carbocycles. The van der Waals surface area contributed by atoms with E-state index in [9.17, 15) is 31.6 Å². The molecule has 0 aliphatic heterocycles. The van der Waals surface area contributed by atoms with E-state index in [-0.39, 0.29) is 50.2 Å². The van der Waals surface area contributed by atoms with Crippen LogP contribution in [-0.4, -0.2) is 67.9 Å². The van der Waals surface area contributed by atoms with Crippen molar-refractivity contribution < 1.29 is 43.4 Å². The van der Waals surface area contributed by atoms with Crippen molar-refractivity contribution in [3.8, 4) is 16.3 Å². The number of alkyl halides is 6. The first-order valence-corrected chi connectivity index (χ1v) is 18.9. The Hall–Kier alpha value is -6.82. The van der Waals surface area contributed by atoms with E-state index in [0.717, 1.165) is 15.6 Å². The molecule has 22 nitrogen and oxygen atoms in total. The summed E-state index contributed by atoms with van der Waals surface area (Å²) in [5.41, 5.74) is 1.67. The summed E-state index contributed by atoms with van der Waals surface area (Å²) in [5.74, 6) is -1.82. The zero-order valence-electron chi connectivity index (χ0n) is 33.4. The number of aromatic nitrogens is 16. The van der Waals surface area contributed by atoms with Crippen LogP contribution in [0.5, 0.6) is 0 Å². The third-order valence-electron chi connectivity index (χ3n) is 7.98. The third-order valence-corrected chi connectivity index (χ3v) is 9.36. The van der Waals surface area contributed by atoms with Gasteiger partial charge in [-0.15, -0.1) is 20.5 Å². The van der Waals surface area contributed by atoms with Gasteiger partial charge in [0.1, 0.15) is 23.0 Å². The van der Waals surface area contributed by atoms with E-state index in [4.69, 9.17) is 6.57 Å². The van der Waals surface area contributed by atoms with Crippen LogP contribution < -0.4 is 9.97 Å². The first-order chi connectivity index (χ1) is 29.0. The molecule has 0 atom stereocenters. The number of aryl methyl sites for hydroxylation is 2. The molecule has 0 aliphatic rings. The van der Waals surface area contributed by atoms with Crippen molar-refractivity contribution in [3.05, 3.63) is 64.1 Å². The summed E-state index contributed by atoms with van der Waals surface area (Å²) in [6, 6.07) is 1.89. The maximum absolute atomic E-state index is 12.9. The molecule has 0 radical (unpaired) electrons. The molecule has 0 bridgehead atoms. The van der Waals surface area contributed by atoms with Crippen molar-refractivity contribution in [2.24, 2.45) is 20.5 Å². The van der Waals surface area contributed by atoms with Gasteiger partial charge in [0, 0.05) is 33.9 Å². The van der Waals surface area contributed by atoms with Gasteiger partial charge in [-0.2, -0.15) is 69.9 Å². The van der Waals surface area contributed by atoms with Crippen molar-refractivity contribution in [1.29, 1.82) is 5.26 Å². The molecule has 0 saturated heterocycles. The molecule has 0 saturated carbocycles. The topological polar surface area (TPSA) is 253 Å². The quantitative estimate of drug-likeness (QED) is 0.0665. The second-order valence-electron chi connectivity index (χ2n) is 14.8. The molecule has 0 unspecified atom stereocenters. The minimum atomic E-state index is -4.71. The predicted molar refractivity (Wildman–Crippen MR) is 203 cm³/mol. The van der Waals surface area contributed by atoms with Crippen LogP contribution in [0.2, 0.25) is 0 Å². The zero-order chi connectivity index (χ0) is 45.1. The van der Waals surface area contributed by atoms with Crippen molar-refractivity contribution in [2.75, 3.05) is 0 Å². The van der Waals surface area contributed by atoms with Crippen molar-refractivity contribution in [2.45, 2.75) is 78.6 Å². The molecule has 0 spiro atoms. The first kappa shape index (κ1) is 45.7. The second-order valence-corrected chi connectivity index (χ2v) is 16.3. The molecule has 63 heavy (non-hydrogen) atoms. The zero-order valence-corrected chi connectivity index (χ0v) is 36.2. The minimum Gasteiger partial charge on any atom is -0.360 e. The van der Waals surface area contributed by atoms with Gasteiger partial charge in [0.05, 0.1) is 41.6 Å². The van der Waals surface area contributed by atoms with E-state index in [1.54, 1.807) is 13.8 Å². The van der Waals surface area contributed by atoms with Gasteiger partial charge in [-0.05, 0) is 25.5 Å². The Bertz CT molecular complexity index is 2890. The van der Waals surface area contributed by atoms with E-state index >= 15 is 0 Å². The minimum absolute atomic E-state index is 0. The van der Waals surface area contributed by atoms with Gasteiger partial charge < -0.3 is 20.2 Å². The van der Waals surface area contributed by atoms with Gasteiger partial charge >= 0.3 is 29.4 Å². The Kier molecular flexibility index (Phi) is 11.9. The molecule has 326 valence electrons. The number of rotatable bonds is 6. The third kappa shape index (κ3) is 9.07. The van der Waals surface area contributed by atoms with Crippen molar-refractivity contribution in [1.82, 2.24) is 77.9 Å². The Labute approximate surface area is 367 Å². The second kappa shape index (κ2) is 16.5. The molecule has 0 fully saturated rings. The molecule has 0 aliphatic carbocycles. The number of nitriles is 1. The monoisotopic (exact) mass is 952 g/mol. The van der Waals surface area contributed by atoms with Crippen LogP contribution in [0.15, 0.2) is 32.9 Å². The molecular weight excluding hydrogens is 926 g/mol. The van der Waals surface area contributed by atoms with Crippen LogP contribution in [0, 0.1) is 31.8 Å². The largest absolute Gasteiger partial charge is 2.00 e. The number of hydrogen-bond acceptors (Lipinski definition) is 17. The van der Waals surface area contributed by atoms with Crippen LogP contribution in [-0.2, 0) is 40.3 Å².